The highest BCUT2D eigenvalue weighted by Gasteiger charge is 2.44. The molecule has 11 aliphatic rings. The van der Waals surface area contributed by atoms with Crippen LogP contribution in [0.1, 0.15) is 353 Å². The number of hydrogen-bond donors (Lipinski definition) is 2. The van der Waals surface area contributed by atoms with Gasteiger partial charge in [-0.05, 0) is 318 Å². The minimum absolute atomic E-state index is 0.0247. The number of nitrogens with zero attached hydrogens (tertiary/aromatic N) is 10. The van der Waals surface area contributed by atoms with E-state index in [-0.39, 0.29) is 35.2 Å². The van der Waals surface area contributed by atoms with Crippen LogP contribution < -0.4 is 5.32 Å². The van der Waals surface area contributed by atoms with Crippen LogP contribution in [0.5, 0.6) is 0 Å². The van der Waals surface area contributed by atoms with Crippen molar-refractivity contribution in [1.82, 2.24) is 49.4 Å². The van der Waals surface area contributed by atoms with Crippen molar-refractivity contribution in [2.24, 2.45) is 149 Å². The third-order valence-corrected chi connectivity index (χ3v) is 32.7. The molecule has 2 amide bonds. The molecule has 0 aromatic carbocycles. The third kappa shape index (κ3) is 51.0. The monoisotopic (exact) mass is 1920 g/mol. The van der Waals surface area contributed by atoms with Gasteiger partial charge >= 0.3 is 5.97 Å². The Balaban J connectivity index is 0.000000512. The van der Waals surface area contributed by atoms with Crippen molar-refractivity contribution >= 4 is 17.8 Å². The molecule has 0 radical (unpaired) electrons. The number of piperidine rings is 9. The summed E-state index contributed by atoms with van der Waals surface area (Å²) in [6.07, 6.45) is 18.4. The predicted molar refractivity (Wildman–Crippen MR) is 581 cm³/mol. The third-order valence-electron chi connectivity index (χ3n) is 32.7. The number of β-amino-alcohol motifs (C(OH)–C–C–N with tert-alkyl or cyclic N) is 1. The summed E-state index contributed by atoms with van der Waals surface area (Å²) in [5.74, 6) is 10.7. The number of carbonyl (C=O) groups excluding carboxylic acids is 3. The first kappa shape index (κ1) is 129. The van der Waals surface area contributed by atoms with E-state index >= 15 is 0 Å². The smallest absolute Gasteiger partial charge is 0.310 e. The fraction of sp³-hybridized carbons (Fsp3) is 0.966. The van der Waals surface area contributed by atoms with Crippen molar-refractivity contribution in [3.63, 3.8) is 0 Å². The van der Waals surface area contributed by atoms with Gasteiger partial charge in [-0.15, -0.1) is 0 Å². The van der Waals surface area contributed by atoms with E-state index in [2.05, 4.69) is 344 Å². The van der Waals surface area contributed by atoms with E-state index in [1.807, 2.05) is 23.8 Å². The van der Waals surface area contributed by atoms with Crippen LogP contribution in [0.3, 0.4) is 0 Å². The van der Waals surface area contributed by atoms with Gasteiger partial charge in [-0.3, -0.25) is 14.4 Å². The topological polar surface area (TPSA) is 173 Å². The molecule has 1 saturated carbocycles. The van der Waals surface area contributed by atoms with E-state index < -0.39 is 0 Å². The molecule has 19 heteroatoms. The summed E-state index contributed by atoms with van der Waals surface area (Å²) in [6.45, 7) is 109. The first-order valence-corrected chi connectivity index (χ1v) is 55.1. The highest BCUT2D eigenvalue weighted by Crippen LogP contribution is 2.45. The quantitative estimate of drug-likeness (QED) is 0.220. The molecule has 804 valence electrons. The summed E-state index contributed by atoms with van der Waals surface area (Å²) in [5, 5.41) is 22.0. The minimum Gasteiger partial charge on any atom is -0.466 e. The normalized spacial score (nSPS) is 31.1. The lowest BCUT2D eigenvalue weighted by Gasteiger charge is -2.44. The molecule has 11 rings (SSSR count). The van der Waals surface area contributed by atoms with Crippen LogP contribution >= 0.6 is 0 Å². The molecule has 20 atom stereocenters. The molecule has 0 aromatic rings. The zero-order chi connectivity index (χ0) is 105. The first-order chi connectivity index (χ1) is 62.0. The van der Waals surface area contributed by atoms with Gasteiger partial charge < -0.3 is 73.5 Å². The lowest BCUT2D eigenvalue weighted by molar-refractivity contribution is -0.151. The number of aliphatic hydroxyl groups excluding tert-OH is 1. The van der Waals surface area contributed by atoms with Crippen molar-refractivity contribution in [1.29, 1.82) is 5.26 Å². The van der Waals surface area contributed by atoms with E-state index in [0.717, 1.165) is 171 Å². The van der Waals surface area contributed by atoms with Crippen LogP contribution in [0.4, 0.5) is 0 Å². The van der Waals surface area contributed by atoms with Gasteiger partial charge in [-0.25, -0.2) is 0 Å². The average Bonchev–Trinajstić information content (AvgIpc) is 0.800. The Morgan fingerprint density at radius 3 is 1.10 bits per heavy atom. The Bertz CT molecular complexity index is 3260. The van der Waals surface area contributed by atoms with Gasteiger partial charge in [-0.1, -0.05) is 228 Å². The first-order valence-electron chi connectivity index (χ1n) is 55.1. The lowest BCUT2D eigenvalue weighted by atomic mass is 9.66. The molecule has 1 aliphatic carbocycles. The van der Waals surface area contributed by atoms with Gasteiger partial charge in [0.25, 0.3) is 0 Å². The molecule has 136 heavy (non-hydrogen) atoms. The maximum atomic E-state index is 12.3. The second-order valence-electron chi connectivity index (χ2n) is 56.9. The molecule has 11 fully saturated rings. The van der Waals surface area contributed by atoms with Crippen LogP contribution in [-0.2, 0) is 33.3 Å². The van der Waals surface area contributed by atoms with E-state index in [9.17, 15) is 19.5 Å². The van der Waals surface area contributed by atoms with Gasteiger partial charge in [-0.2, -0.15) is 5.26 Å². The molecular formula is C117H233N11O8. The average molecular weight is 1920 g/mol. The molecule has 20 unspecified atom stereocenters. The largest absolute Gasteiger partial charge is 0.466 e. The molecule has 10 saturated heterocycles. The molecule has 0 bridgehead atoms. The van der Waals surface area contributed by atoms with Crippen LogP contribution in [0.2, 0.25) is 0 Å². The number of nitrogens with one attached hydrogen (secondary N) is 1. The Hall–Kier alpha value is -2.58. The van der Waals surface area contributed by atoms with Crippen molar-refractivity contribution < 1.29 is 38.4 Å². The van der Waals surface area contributed by atoms with Crippen molar-refractivity contribution in [3.05, 3.63) is 0 Å². The molecule has 10 aliphatic heterocycles. The second kappa shape index (κ2) is 58.1. The lowest BCUT2D eigenvalue weighted by Crippen LogP contribution is -2.52. The number of hydrogen-bond acceptors (Lipinski definition) is 17. The van der Waals surface area contributed by atoms with Gasteiger partial charge in [0.1, 0.15) is 0 Å². The zero-order valence-corrected chi connectivity index (χ0v) is 98.9. The summed E-state index contributed by atoms with van der Waals surface area (Å²) in [5.41, 5.74) is 3.81. The van der Waals surface area contributed by atoms with E-state index in [0.29, 0.717) is 121 Å². The number of esters is 1. The highest BCUT2D eigenvalue weighted by atomic mass is 16.5. The fourth-order valence-electron chi connectivity index (χ4n) is 22.2. The number of amides is 2. The summed E-state index contributed by atoms with van der Waals surface area (Å²) in [4.78, 5) is 55.9. The van der Waals surface area contributed by atoms with Crippen LogP contribution in [0.15, 0.2) is 0 Å². The molecule has 10 heterocycles. The van der Waals surface area contributed by atoms with Crippen molar-refractivity contribution in [2.45, 2.75) is 384 Å². The Labute approximate surface area is 845 Å². The molecule has 0 aromatic heterocycles. The second-order valence-corrected chi connectivity index (χ2v) is 56.9. The fourth-order valence-corrected chi connectivity index (χ4v) is 22.2. The van der Waals surface area contributed by atoms with Crippen LogP contribution in [0, 0.1) is 160 Å². The number of methoxy groups -OCH3 is 1. The molecular weight excluding hydrogens is 1690 g/mol. The highest BCUT2D eigenvalue weighted by molar-refractivity contribution is 5.80. The minimum atomic E-state index is -0.118. The number of aliphatic hydroxyl groups is 1. The summed E-state index contributed by atoms with van der Waals surface area (Å²) in [6, 6.07) is 2.44. The van der Waals surface area contributed by atoms with Gasteiger partial charge in [0.15, 0.2) is 0 Å². The van der Waals surface area contributed by atoms with E-state index in [1.54, 1.807) is 6.92 Å². The Morgan fingerprint density at radius 2 is 0.735 bits per heavy atom. The number of nitriles is 1. The number of rotatable bonds is 8. The van der Waals surface area contributed by atoms with Crippen molar-refractivity contribution in [2.75, 3.05) is 201 Å². The van der Waals surface area contributed by atoms with Gasteiger partial charge in [0.2, 0.25) is 11.8 Å². The van der Waals surface area contributed by atoms with Crippen LogP contribution in [0.25, 0.3) is 0 Å². The molecule has 2 N–H and O–H groups in total. The van der Waals surface area contributed by atoms with Crippen LogP contribution in [-0.4, -0.2) is 298 Å². The summed E-state index contributed by atoms with van der Waals surface area (Å²) < 4.78 is 22.3. The number of likely N-dealkylation sites (tertiary alicyclic amines) is 9. The number of ether oxygens (including phenoxy) is 4. The number of carbonyl (C=O) groups is 3. The zero-order valence-electron chi connectivity index (χ0n) is 98.9. The maximum absolute atomic E-state index is 12.3. The van der Waals surface area contributed by atoms with Gasteiger partial charge in [0.05, 0.1) is 55.0 Å². The van der Waals surface area contributed by atoms with E-state index in [4.69, 9.17) is 24.2 Å². The molecule has 19 nitrogen and oxygen atoms in total. The summed E-state index contributed by atoms with van der Waals surface area (Å²) in [7, 11) is 17.0. The maximum Gasteiger partial charge on any atom is 0.310 e. The number of likely N-dealkylation sites (N-methyl/N-ethyl adjacent to an activating group) is 4. The van der Waals surface area contributed by atoms with Gasteiger partial charge in [0, 0.05) is 138 Å². The Morgan fingerprint density at radius 1 is 0.368 bits per heavy atom. The summed E-state index contributed by atoms with van der Waals surface area (Å²) >= 11 is 0. The Kier molecular flexibility index (Phi) is 55.3. The van der Waals surface area contributed by atoms with Crippen molar-refractivity contribution in [3.8, 4) is 6.07 Å². The SMILES string of the molecule is CC(=O)N1CC(C)CC(C(C)(C)C)C1.CC(C)OC1CC(C(C)(C)C)CN(C)C1.CC1CC(C#N)CC(C(C)(C)C)C1.CC1CNCC(C(C)(C)C)C1.CCOC(=O)C1CC(C(C)(C)C)CN(C)C1.CCOC1CC(C(C)(C)C)CN(C)C1.CN1CC(C(=O)N2CCC2)CC(C(C)(C)C)C1.CN1CC(O)CC(C(C)(C)C)C1.CN1CCCC(C(C)(C)C)C1.COC1CC(C(C)(C)C)CN(C)C1. The van der Waals surface area contributed by atoms with E-state index in [1.165, 1.54) is 104 Å². The molecule has 0 spiro atoms. The predicted octanol–water partition coefficient (Wildman–Crippen LogP) is 23.3. The standard InChI is InChI=1S/C14H26N2O.C13H25NO2.C13H27NO.C12H23NO.C12H25NO.C12H21N.C11H23NO.C10H21NO.2C10H21N/c1-14(2,3)12-8-11(9-15(4)10-12)13(17)16-6-5-7-16;1-6-16-12(15)10-7-11(13(2,3)4)9-14(5)8-10;1-10(2)15-12-7-11(13(3,4)5)8-14(6)9-12;1-9-6-11(12(3,4)5)8-13(7-9)10(2)14;1-6-14-11-7-10(12(2,3)4)8-13(5)9-11;1-9-5-10(8-13)7-11(6-9)12(2,3)4;1-11(2,3)9-6-10(13-5)8-12(4)7-9;1-10(2,3)8-5-9(12)7-11(4)6-8;1-8-5-9(7-11-6-8)10(2,3)4;1-10(2,3)9-6-5-7-11(4)8-9/h11-12H,5-10H2,1-4H3;10-11H,6-9H2,1-5H3;10-12H,7-9H2,1-6H3;9,11H,6-8H2,1-5H3;10-11H,6-9H2,1-5H3;9-11H,5-7H2,1-4H3;9-10H,6-8H2,1-5H3;8-9,12H,5-7H2,1-4H3;8-9,11H,5-7H2,1-4H3;9H,5-8H2,1-4H3.